The monoisotopic (exact) mass is 270 g/mol. The maximum atomic E-state index is 12.9. The highest BCUT2D eigenvalue weighted by Crippen LogP contribution is 2.15. The standard InChI is InChI=1S/C10H8F2N4OS/c11-7-2-1-6(3-8(7)12)14-9(17)5-18-10-4-13-16-15-10/h1-4H,5H2,(H,14,17)(H,13,15,16). The summed E-state index contributed by atoms with van der Waals surface area (Å²) in [5, 5.41) is 12.8. The zero-order valence-electron chi connectivity index (χ0n) is 8.98. The van der Waals surface area contributed by atoms with Crippen LogP contribution in [-0.4, -0.2) is 27.1 Å². The third-order valence-electron chi connectivity index (χ3n) is 1.95. The number of aromatic nitrogens is 3. The summed E-state index contributed by atoms with van der Waals surface area (Å²) in [6, 6.07) is 3.17. The van der Waals surface area contributed by atoms with E-state index in [2.05, 4.69) is 20.7 Å². The van der Waals surface area contributed by atoms with Crippen molar-refractivity contribution < 1.29 is 13.6 Å². The summed E-state index contributed by atoms with van der Waals surface area (Å²) in [6.45, 7) is 0. The number of aromatic amines is 1. The highest BCUT2D eigenvalue weighted by atomic mass is 32.2. The van der Waals surface area contributed by atoms with Gasteiger partial charge in [0.25, 0.3) is 0 Å². The lowest BCUT2D eigenvalue weighted by Crippen LogP contribution is -2.14. The highest BCUT2D eigenvalue weighted by molar-refractivity contribution is 7.99. The molecule has 0 bridgehead atoms. The summed E-state index contributed by atoms with van der Waals surface area (Å²) < 4.78 is 25.5. The number of anilines is 1. The van der Waals surface area contributed by atoms with Gasteiger partial charge >= 0.3 is 0 Å². The molecule has 1 heterocycles. The van der Waals surface area contributed by atoms with Crippen LogP contribution in [0.3, 0.4) is 0 Å². The van der Waals surface area contributed by atoms with Gasteiger partial charge in [0, 0.05) is 11.8 Å². The van der Waals surface area contributed by atoms with Gasteiger partial charge in [-0.05, 0) is 12.1 Å². The van der Waals surface area contributed by atoms with E-state index in [-0.39, 0.29) is 17.3 Å². The number of thioether (sulfide) groups is 1. The SMILES string of the molecule is O=C(CSc1cn[nH]n1)Nc1ccc(F)c(F)c1. The largest absolute Gasteiger partial charge is 0.325 e. The van der Waals surface area contributed by atoms with Crippen LogP contribution < -0.4 is 5.32 Å². The van der Waals surface area contributed by atoms with Crippen LogP contribution >= 0.6 is 11.8 Å². The normalized spacial score (nSPS) is 10.3. The van der Waals surface area contributed by atoms with E-state index in [1.54, 1.807) is 0 Å². The van der Waals surface area contributed by atoms with Crippen molar-refractivity contribution in [3.8, 4) is 0 Å². The molecule has 0 saturated heterocycles. The van der Waals surface area contributed by atoms with E-state index >= 15 is 0 Å². The Kier molecular flexibility index (Phi) is 3.88. The molecule has 2 aromatic rings. The first kappa shape index (κ1) is 12.5. The quantitative estimate of drug-likeness (QED) is 0.831. The van der Waals surface area contributed by atoms with Gasteiger partial charge in [0.1, 0.15) is 5.03 Å². The molecule has 0 radical (unpaired) electrons. The van der Waals surface area contributed by atoms with Crippen LogP contribution in [0.1, 0.15) is 0 Å². The van der Waals surface area contributed by atoms with Crippen molar-refractivity contribution >= 4 is 23.4 Å². The first-order chi connectivity index (χ1) is 8.65. The van der Waals surface area contributed by atoms with E-state index in [1.807, 2.05) is 0 Å². The summed E-state index contributed by atoms with van der Waals surface area (Å²) in [5.74, 6) is -2.19. The second-order valence-corrected chi connectivity index (χ2v) is 4.27. The Bertz CT molecular complexity index is 547. The lowest BCUT2D eigenvalue weighted by molar-refractivity contribution is -0.113. The minimum atomic E-state index is -1.00. The average molecular weight is 270 g/mol. The number of rotatable bonds is 4. The molecule has 8 heteroatoms. The smallest absolute Gasteiger partial charge is 0.234 e. The van der Waals surface area contributed by atoms with E-state index in [0.29, 0.717) is 5.03 Å². The van der Waals surface area contributed by atoms with Crippen molar-refractivity contribution in [1.29, 1.82) is 0 Å². The molecule has 1 amide bonds. The molecule has 0 atom stereocenters. The highest BCUT2D eigenvalue weighted by Gasteiger charge is 2.07. The van der Waals surface area contributed by atoms with Gasteiger partial charge in [0.15, 0.2) is 11.6 Å². The summed E-state index contributed by atoms with van der Waals surface area (Å²) in [6.07, 6.45) is 1.48. The third kappa shape index (κ3) is 3.27. The van der Waals surface area contributed by atoms with E-state index in [4.69, 9.17) is 0 Å². The second-order valence-electron chi connectivity index (χ2n) is 3.27. The number of halogens is 2. The Balaban J connectivity index is 1.88. The van der Waals surface area contributed by atoms with Crippen LogP contribution in [0.2, 0.25) is 0 Å². The fourth-order valence-corrected chi connectivity index (χ4v) is 1.75. The van der Waals surface area contributed by atoms with Crippen molar-refractivity contribution in [3.05, 3.63) is 36.0 Å². The number of amides is 1. The van der Waals surface area contributed by atoms with Gasteiger partial charge < -0.3 is 5.32 Å². The molecule has 0 aliphatic rings. The van der Waals surface area contributed by atoms with Crippen molar-refractivity contribution in [1.82, 2.24) is 15.4 Å². The molecule has 94 valence electrons. The predicted molar refractivity (Wildman–Crippen MR) is 62.1 cm³/mol. The molecular formula is C10H8F2N4OS. The summed E-state index contributed by atoms with van der Waals surface area (Å²) in [5.41, 5.74) is 0.208. The number of nitrogens with zero attached hydrogens (tertiary/aromatic N) is 2. The lowest BCUT2D eigenvalue weighted by atomic mass is 10.3. The number of nitrogens with one attached hydrogen (secondary N) is 2. The Labute approximate surface area is 105 Å². The van der Waals surface area contributed by atoms with Gasteiger partial charge in [-0.25, -0.2) is 8.78 Å². The number of carbonyl (C=O) groups excluding carboxylic acids is 1. The Morgan fingerprint density at radius 3 is 2.89 bits per heavy atom. The number of hydrogen-bond acceptors (Lipinski definition) is 4. The van der Waals surface area contributed by atoms with E-state index in [9.17, 15) is 13.6 Å². The summed E-state index contributed by atoms with van der Waals surface area (Å²) in [4.78, 5) is 11.5. The van der Waals surface area contributed by atoms with Crippen molar-refractivity contribution in [2.24, 2.45) is 0 Å². The molecule has 0 saturated carbocycles. The molecule has 5 nitrogen and oxygen atoms in total. The molecule has 0 unspecified atom stereocenters. The van der Waals surface area contributed by atoms with Gasteiger partial charge in [-0.1, -0.05) is 11.8 Å². The van der Waals surface area contributed by atoms with Crippen LogP contribution in [0.15, 0.2) is 29.4 Å². The molecule has 0 fully saturated rings. The zero-order chi connectivity index (χ0) is 13.0. The summed E-state index contributed by atoms with van der Waals surface area (Å²) in [7, 11) is 0. The number of benzene rings is 1. The Morgan fingerprint density at radius 2 is 2.22 bits per heavy atom. The molecule has 1 aromatic carbocycles. The molecular weight excluding hydrogens is 262 g/mol. The fraction of sp³-hybridized carbons (Fsp3) is 0.100. The van der Waals surface area contributed by atoms with Crippen LogP contribution in [0.4, 0.5) is 14.5 Å². The lowest BCUT2D eigenvalue weighted by Gasteiger charge is -2.04. The van der Waals surface area contributed by atoms with E-state index < -0.39 is 11.6 Å². The topological polar surface area (TPSA) is 70.7 Å². The predicted octanol–water partition coefficient (Wildman–Crippen LogP) is 1.81. The third-order valence-corrected chi connectivity index (χ3v) is 2.85. The first-order valence-electron chi connectivity index (χ1n) is 4.88. The zero-order valence-corrected chi connectivity index (χ0v) is 9.80. The minimum absolute atomic E-state index is 0.103. The number of hydrogen-bond donors (Lipinski definition) is 2. The first-order valence-corrected chi connectivity index (χ1v) is 5.87. The minimum Gasteiger partial charge on any atom is -0.325 e. The maximum absolute atomic E-state index is 12.9. The molecule has 0 aliphatic carbocycles. The van der Waals surface area contributed by atoms with Gasteiger partial charge in [0.05, 0.1) is 11.9 Å². The summed E-state index contributed by atoms with van der Waals surface area (Å²) >= 11 is 1.18. The van der Waals surface area contributed by atoms with Gasteiger partial charge in [0.2, 0.25) is 5.91 Å². The molecule has 18 heavy (non-hydrogen) atoms. The molecule has 2 rings (SSSR count). The maximum Gasteiger partial charge on any atom is 0.234 e. The van der Waals surface area contributed by atoms with Crippen molar-refractivity contribution in [2.45, 2.75) is 5.03 Å². The van der Waals surface area contributed by atoms with Gasteiger partial charge in [-0.3, -0.25) is 4.79 Å². The van der Waals surface area contributed by atoms with Crippen LogP contribution in [0.5, 0.6) is 0 Å². The van der Waals surface area contributed by atoms with Crippen LogP contribution in [-0.2, 0) is 4.79 Å². The number of carbonyl (C=O) groups is 1. The van der Waals surface area contributed by atoms with Crippen molar-refractivity contribution in [2.75, 3.05) is 11.1 Å². The average Bonchev–Trinajstić information content (AvgIpc) is 2.84. The van der Waals surface area contributed by atoms with Crippen LogP contribution in [0, 0.1) is 11.6 Å². The molecule has 0 spiro atoms. The van der Waals surface area contributed by atoms with Crippen LogP contribution in [0.25, 0.3) is 0 Å². The van der Waals surface area contributed by atoms with E-state index in [0.717, 1.165) is 12.1 Å². The van der Waals surface area contributed by atoms with Crippen molar-refractivity contribution in [3.63, 3.8) is 0 Å². The molecule has 2 N–H and O–H groups in total. The fourth-order valence-electron chi connectivity index (χ4n) is 1.17. The Hall–Kier alpha value is -1.96. The van der Waals surface area contributed by atoms with E-state index in [1.165, 1.54) is 24.0 Å². The molecule has 1 aromatic heterocycles. The second kappa shape index (κ2) is 5.58. The molecule has 0 aliphatic heterocycles. The van der Waals surface area contributed by atoms with Gasteiger partial charge in [-0.2, -0.15) is 10.3 Å². The van der Waals surface area contributed by atoms with Gasteiger partial charge in [-0.15, -0.1) is 5.10 Å². The Morgan fingerprint density at radius 1 is 1.39 bits per heavy atom. The number of H-pyrrole nitrogens is 1.